The summed E-state index contributed by atoms with van der Waals surface area (Å²) in [5.41, 5.74) is 8.75. The monoisotopic (exact) mass is 464 g/mol. The fourth-order valence-electron chi connectivity index (χ4n) is 5.71. The van der Waals surface area contributed by atoms with Crippen LogP contribution in [0, 0.1) is 0 Å². The van der Waals surface area contributed by atoms with E-state index in [9.17, 15) is 0 Å². The summed E-state index contributed by atoms with van der Waals surface area (Å²) < 4.78 is 4.90. The van der Waals surface area contributed by atoms with Crippen LogP contribution in [0.2, 0.25) is 0 Å². The maximum atomic E-state index is 2.46. The van der Waals surface area contributed by atoms with E-state index in [0.717, 1.165) is 0 Å². The molecule has 174 valence electrons. The Bertz CT molecular complexity index is 1900. The molecule has 0 spiro atoms. The van der Waals surface area contributed by atoms with Gasteiger partial charge in [0, 0.05) is 32.9 Å². The first-order chi connectivity index (χ1) is 17.5. The van der Waals surface area contributed by atoms with E-state index in [4.69, 9.17) is 0 Å². The predicted molar refractivity (Wildman–Crippen MR) is 154 cm³/mol. The van der Waals surface area contributed by atoms with E-state index < -0.39 is 0 Å². The molecular weight excluding hydrogens is 436 g/mol. The molecule has 2 heterocycles. The molecule has 2 heteroatoms. The van der Waals surface area contributed by atoms with E-state index in [2.05, 4.69) is 145 Å². The van der Waals surface area contributed by atoms with Crippen molar-refractivity contribution in [3.63, 3.8) is 0 Å². The van der Waals surface area contributed by atoms with Gasteiger partial charge in [0.15, 0.2) is 0 Å². The standard InChI is InChI=1S/C34H28N2/c1-34(2,3)23-18-21-31-29(22-23)28-20-19-27-26-16-10-11-17-30(26)35(24-12-6-4-7-13-24)32(27)33(28)36(31)25-14-8-5-9-15-25/h4-22H,1-3H3. The van der Waals surface area contributed by atoms with Crippen LogP contribution in [0.15, 0.2) is 115 Å². The summed E-state index contributed by atoms with van der Waals surface area (Å²) in [5.74, 6) is 0. The van der Waals surface area contributed by atoms with Gasteiger partial charge in [-0.3, -0.25) is 0 Å². The van der Waals surface area contributed by atoms with Gasteiger partial charge in [-0.2, -0.15) is 0 Å². The third-order valence-electron chi connectivity index (χ3n) is 7.46. The Balaban J connectivity index is 1.76. The third-order valence-corrected chi connectivity index (χ3v) is 7.46. The molecule has 0 saturated carbocycles. The molecule has 5 aromatic carbocycles. The van der Waals surface area contributed by atoms with Crippen LogP contribution >= 0.6 is 0 Å². The molecular formula is C34H28N2. The lowest BCUT2D eigenvalue weighted by Crippen LogP contribution is -2.10. The van der Waals surface area contributed by atoms with Gasteiger partial charge < -0.3 is 9.13 Å². The normalized spacial score (nSPS) is 12.3. The molecule has 2 nitrogen and oxygen atoms in total. The molecule has 0 bridgehead atoms. The molecule has 7 rings (SSSR count). The molecule has 0 amide bonds. The second kappa shape index (κ2) is 7.60. The second-order valence-electron chi connectivity index (χ2n) is 10.7. The zero-order valence-corrected chi connectivity index (χ0v) is 20.9. The summed E-state index contributed by atoms with van der Waals surface area (Å²) in [5, 5.41) is 5.14. The van der Waals surface area contributed by atoms with Crippen molar-refractivity contribution in [2.45, 2.75) is 26.2 Å². The Morgan fingerprint density at radius 3 is 1.53 bits per heavy atom. The fourth-order valence-corrected chi connectivity index (χ4v) is 5.71. The molecule has 0 radical (unpaired) electrons. The average molecular weight is 465 g/mol. The Hall–Kier alpha value is -4.30. The van der Waals surface area contributed by atoms with Gasteiger partial charge in [-0.1, -0.05) is 93.6 Å². The summed E-state index contributed by atoms with van der Waals surface area (Å²) in [6.45, 7) is 6.86. The molecule has 0 aliphatic carbocycles. The lowest BCUT2D eigenvalue weighted by Gasteiger charge is -2.19. The van der Waals surface area contributed by atoms with Crippen LogP contribution in [-0.4, -0.2) is 9.13 Å². The zero-order chi connectivity index (χ0) is 24.4. The van der Waals surface area contributed by atoms with Crippen molar-refractivity contribution in [2.75, 3.05) is 0 Å². The van der Waals surface area contributed by atoms with Gasteiger partial charge in [0.1, 0.15) is 0 Å². The van der Waals surface area contributed by atoms with Crippen molar-refractivity contribution in [3.8, 4) is 11.4 Å². The fraction of sp³-hybridized carbons (Fsp3) is 0.118. The van der Waals surface area contributed by atoms with Crippen LogP contribution in [-0.2, 0) is 5.41 Å². The van der Waals surface area contributed by atoms with Gasteiger partial charge in [-0.25, -0.2) is 0 Å². The highest BCUT2D eigenvalue weighted by Crippen LogP contribution is 2.42. The first kappa shape index (κ1) is 21.0. The molecule has 0 unspecified atom stereocenters. The van der Waals surface area contributed by atoms with Crippen molar-refractivity contribution < 1.29 is 0 Å². The van der Waals surface area contributed by atoms with Crippen LogP contribution in [0.3, 0.4) is 0 Å². The van der Waals surface area contributed by atoms with Crippen LogP contribution in [0.5, 0.6) is 0 Å². The number of fused-ring (bicyclic) bond motifs is 7. The topological polar surface area (TPSA) is 9.86 Å². The van der Waals surface area contributed by atoms with Crippen molar-refractivity contribution in [2.24, 2.45) is 0 Å². The van der Waals surface area contributed by atoms with Crippen LogP contribution in [0.25, 0.3) is 55.0 Å². The molecule has 0 atom stereocenters. The molecule has 7 aromatic rings. The van der Waals surface area contributed by atoms with Crippen molar-refractivity contribution in [3.05, 3.63) is 121 Å². The van der Waals surface area contributed by atoms with Gasteiger partial charge in [0.2, 0.25) is 0 Å². The summed E-state index contributed by atoms with van der Waals surface area (Å²) in [6.07, 6.45) is 0. The molecule has 0 aliphatic rings. The zero-order valence-electron chi connectivity index (χ0n) is 20.9. The average Bonchev–Trinajstić information content (AvgIpc) is 3.42. The Labute approximate surface area is 211 Å². The van der Waals surface area contributed by atoms with E-state index >= 15 is 0 Å². The Kier molecular flexibility index (Phi) is 4.44. The van der Waals surface area contributed by atoms with Gasteiger partial charge in [-0.15, -0.1) is 0 Å². The molecule has 2 aromatic heterocycles. The number of rotatable bonds is 2. The van der Waals surface area contributed by atoms with Crippen LogP contribution in [0.1, 0.15) is 26.3 Å². The van der Waals surface area contributed by atoms with E-state index in [1.165, 1.54) is 60.5 Å². The van der Waals surface area contributed by atoms with Crippen LogP contribution < -0.4 is 0 Å². The van der Waals surface area contributed by atoms with Gasteiger partial charge >= 0.3 is 0 Å². The van der Waals surface area contributed by atoms with E-state index in [-0.39, 0.29) is 5.41 Å². The summed E-state index contributed by atoms with van der Waals surface area (Å²) >= 11 is 0. The minimum atomic E-state index is 0.0817. The number of para-hydroxylation sites is 3. The SMILES string of the molecule is CC(C)(C)c1ccc2c(c1)c1ccc3c4ccccc4n(-c4ccccc4)c3c1n2-c1ccccc1. The maximum Gasteiger partial charge on any atom is 0.0788 e. The summed E-state index contributed by atoms with van der Waals surface area (Å²) in [6, 6.07) is 41.9. The van der Waals surface area contributed by atoms with Gasteiger partial charge in [-0.05, 0) is 53.4 Å². The Morgan fingerprint density at radius 1 is 0.444 bits per heavy atom. The maximum absolute atomic E-state index is 2.46. The van der Waals surface area contributed by atoms with E-state index in [1.807, 2.05) is 0 Å². The van der Waals surface area contributed by atoms with Crippen molar-refractivity contribution in [1.82, 2.24) is 9.13 Å². The quantitative estimate of drug-likeness (QED) is 0.241. The Morgan fingerprint density at radius 2 is 0.944 bits per heavy atom. The number of benzene rings is 5. The molecule has 36 heavy (non-hydrogen) atoms. The van der Waals surface area contributed by atoms with E-state index in [0.29, 0.717) is 0 Å². The lowest BCUT2D eigenvalue weighted by molar-refractivity contribution is 0.591. The first-order valence-corrected chi connectivity index (χ1v) is 12.6. The highest BCUT2D eigenvalue weighted by atomic mass is 15.0. The number of hydrogen-bond acceptors (Lipinski definition) is 0. The molecule has 0 fully saturated rings. The third kappa shape index (κ3) is 2.97. The predicted octanol–water partition coefficient (Wildman–Crippen LogP) is 9.18. The molecule has 0 aliphatic heterocycles. The largest absolute Gasteiger partial charge is 0.307 e. The molecule has 0 saturated heterocycles. The summed E-state index contributed by atoms with van der Waals surface area (Å²) in [4.78, 5) is 0. The van der Waals surface area contributed by atoms with Crippen molar-refractivity contribution >= 4 is 43.6 Å². The first-order valence-electron chi connectivity index (χ1n) is 12.6. The highest BCUT2D eigenvalue weighted by molar-refractivity contribution is 6.23. The smallest absolute Gasteiger partial charge is 0.0788 e. The number of aromatic nitrogens is 2. The highest BCUT2D eigenvalue weighted by Gasteiger charge is 2.22. The van der Waals surface area contributed by atoms with E-state index in [1.54, 1.807) is 0 Å². The minimum Gasteiger partial charge on any atom is -0.307 e. The number of hydrogen-bond donors (Lipinski definition) is 0. The number of nitrogens with zero attached hydrogens (tertiary/aromatic N) is 2. The van der Waals surface area contributed by atoms with Gasteiger partial charge in [0.25, 0.3) is 0 Å². The van der Waals surface area contributed by atoms with Gasteiger partial charge in [0.05, 0.1) is 22.1 Å². The van der Waals surface area contributed by atoms with Crippen LogP contribution in [0.4, 0.5) is 0 Å². The van der Waals surface area contributed by atoms with Crippen molar-refractivity contribution in [1.29, 1.82) is 0 Å². The lowest BCUT2D eigenvalue weighted by atomic mass is 9.86. The summed E-state index contributed by atoms with van der Waals surface area (Å²) in [7, 11) is 0. The second-order valence-corrected chi connectivity index (χ2v) is 10.7. The molecule has 0 N–H and O–H groups in total. The minimum absolute atomic E-state index is 0.0817.